The first-order valence-electron chi connectivity index (χ1n) is 12.3. The Kier molecular flexibility index (Phi) is 5.83. The Bertz CT molecular complexity index is 1230. The van der Waals surface area contributed by atoms with E-state index in [-0.39, 0.29) is 0 Å². The van der Waals surface area contributed by atoms with Gasteiger partial charge in [0.15, 0.2) is 0 Å². The van der Waals surface area contributed by atoms with Crippen LogP contribution in [0.25, 0.3) is 10.2 Å². The third-order valence-electron chi connectivity index (χ3n) is 7.11. The topological polar surface area (TPSA) is 33.5 Å². The maximum Gasteiger partial charge on any atom is 0.141 e. The van der Waals surface area contributed by atoms with Gasteiger partial charge in [-0.3, -0.25) is 0 Å². The van der Waals surface area contributed by atoms with Crippen molar-refractivity contribution in [2.24, 2.45) is 0 Å². The van der Waals surface area contributed by atoms with Gasteiger partial charge in [0.05, 0.1) is 31.6 Å². The molecule has 1 aliphatic carbocycles. The summed E-state index contributed by atoms with van der Waals surface area (Å²) in [6.07, 6.45) is 5.79. The average Bonchev–Trinajstić information content (AvgIpc) is 3.24. The molecule has 2 aromatic carbocycles. The molecule has 0 atom stereocenters. The van der Waals surface area contributed by atoms with Gasteiger partial charge in [-0.05, 0) is 36.8 Å². The van der Waals surface area contributed by atoms with Crippen LogP contribution in [0.3, 0.4) is 0 Å². The maximum absolute atomic E-state index is 5.22. The van der Waals surface area contributed by atoms with E-state index in [4.69, 9.17) is 9.97 Å². The molecule has 0 amide bonds. The minimum atomic E-state index is 0.797. The van der Waals surface area contributed by atoms with Crippen LogP contribution in [0.4, 0.5) is 5.82 Å². The second-order valence-electron chi connectivity index (χ2n) is 9.42. The highest BCUT2D eigenvalue weighted by atomic mass is 32.1. The molecule has 1 N–H and O–H groups in total. The number of rotatable bonds is 5. The number of fused-ring (bicyclic) bond motifs is 3. The third-order valence-corrected chi connectivity index (χ3v) is 8.30. The lowest BCUT2D eigenvalue weighted by atomic mass is 9.96. The first-order valence-corrected chi connectivity index (χ1v) is 13.1. The molecule has 5 heteroatoms. The monoisotopic (exact) mass is 455 g/mol. The molecule has 1 fully saturated rings. The molecule has 0 radical (unpaired) electrons. The second kappa shape index (κ2) is 9.24. The van der Waals surface area contributed by atoms with Crippen LogP contribution in [0.2, 0.25) is 0 Å². The normalized spacial score (nSPS) is 16.8. The predicted molar refractivity (Wildman–Crippen MR) is 136 cm³/mol. The lowest BCUT2D eigenvalue weighted by Gasteiger charge is -2.33. The van der Waals surface area contributed by atoms with E-state index in [2.05, 4.69) is 65.6 Å². The fourth-order valence-electron chi connectivity index (χ4n) is 5.36. The van der Waals surface area contributed by atoms with Crippen LogP contribution in [0.1, 0.15) is 40.2 Å². The lowest BCUT2D eigenvalue weighted by Crippen LogP contribution is -3.13. The molecule has 33 heavy (non-hydrogen) atoms. The summed E-state index contributed by atoms with van der Waals surface area (Å²) in [6.45, 7) is 5.54. The highest BCUT2D eigenvalue weighted by molar-refractivity contribution is 7.19. The van der Waals surface area contributed by atoms with Crippen LogP contribution in [-0.4, -0.2) is 36.1 Å². The van der Waals surface area contributed by atoms with Gasteiger partial charge >= 0.3 is 0 Å². The fourth-order valence-corrected chi connectivity index (χ4v) is 6.64. The van der Waals surface area contributed by atoms with E-state index < -0.39 is 0 Å². The van der Waals surface area contributed by atoms with Gasteiger partial charge in [0.2, 0.25) is 0 Å². The Morgan fingerprint density at radius 1 is 0.818 bits per heavy atom. The first kappa shape index (κ1) is 20.8. The van der Waals surface area contributed by atoms with Crippen molar-refractivity contribution in [1.82, 2.24) is 9.97 Å². The summed E-state index contributed by atoms with van der Waals surface area (Å²) in [7, 11) is 0. The molecule has 6 rings (SSSR count). The molecule has 1 saturated heterocycles. The molecular weight excluding hydrogens is 424 g/mol. The fraction of sp³-hybridized carbons (Fsp3) is 0.357. The molecule has 2 aliphatic rings. The largest absolute Gasteiger partial charge is 0.345 e. The first-order chi connectivity index (χ1) is 16.3. The summed E-state index contributed by atoms with van der Waals surface area (Å²) in [5.74, 6) is 2.16. The number of nitrogens with zero attached hydrogens (tertiary/aromatic N) is 3. The van der Waals surface area contributed by atoms with Crippen LogP contribution in [0.15, 0.2) is 60.7 Å². The molecule has 0 unspecified atom stereocenters. The minimum absolute atomic E-state index is 0.797. The van der Waals surface area contributed by atoms with Crippen LogP contribution in [0, 0.1) is 0 Å². The number of hydrogen-bond donors (Lipinski definition) is 1. The Morgan fingerprint density at radius 2 is 1.52 bits per heavy atom. The van der Waals surface area contributed by atoms with Gasteiger partial charge in [0.25, 0.3) is 0 Å². The van der Waals surface area contributed by atoms with E-state index in [1.54, 1.807) is 15.3 Å². The molecule has 1 aliphatic heterocycles. The van der Waals surface area contributed by atoms with E-state index in [0.717, 1.165) is 45.0 Å². The number of thiophene rings is 1. The van der Waals surface area contributed by atoms with Crippen molar-refractivity contribution in [2.75, 3.05) is 31.1 Å². The number of quaternary nitrogens is 1. The standard InChI is InChI=1S/C28H30N4S/c1-3-9-21(10-4-1)19-25-29-27(26-23-13-7-8-14-24(23)33-28(26)30-25)32-17-15-31(16-18-32)20-22-11-5-2-6-12-22/h1-6,9-12H,7-8,13-20H2/p+1. The van der Waals surface area contributed by atoms with Crippen molar-refractivity contribution in [3.8, 4) is 0 Å². The van der Waals surface area contributed by atoms with E-state index in [1.807, 2.05) is 11.3 Å². The number of hydrogen-bond acceptors (Lipinski definition) is 4. The number of anilines is 1. The quantitative estimate of drug-likeness (QED) is 0.493. The summed E-state index contributed by atoms with van der Waals surface area (Å²) in [5.41, 5.74) is 4.25. The number of benzene rings is 2. The molecule has 0 bridgehead atoms. The van der Waals surface area contributed by atoms with E-state index in [0.29, 0.717) is 0 Å². The van der Waals surface area contributed by atoms with Crippen molar-refractivity contribution in [1.29, 1.82) is 0 Å². The summed E-state index contributed by atoms with van der Waals surface area (Å²) in [4.78, 5) is 17.3. The van der Waals surface area contributed by atoms with Crippen LogP contribution >= 0.6 is 11.3 Å². The zero-order chi connectivity index (χ0) is 22.0. The molecule has 4 aromatic rings. The molecule has 0 spiro atoms. The molecule has 0 saturated carbocycles. The Balaban J connectivity index is 1.30. The summed E-state index contributed by atoms with van der Waals surface area (Å²) in [6, 6.07) is 21.5. The van der Waals surface area contributed by atoms with Crippen molar-refractivity contribution in [3.05, 3.63) is 88.1 Å². The smallest absolute Gasteiger partial charge is 0.141 e. The van der Waals surface area contributed by atoms with Crippen molar-refractivity contribution in [3.63, 3.8) is 0 Å². The van der Waals surface area contributed by atoms with Gasteiger partial charge in [-0.2, -0.15) is 0 Å². The van der Waals surface area contributed by atoms with Gasteiger partial charge < -0.3 is 9.80 Å². The summed E-state index contributed by atoms with van der Waals surface area (Å²) < 4.78 is 0. The zero-order valence-electron chi connectivity index (χ0n) is 19.1. The molecule has 3 heterocycles. The maximum atomic E-state index is 5.22. The van der Waals surface area contributed by atoms with E-state index in [1.165, 1.54) is 52.8 Å². The molecular formula is C28H31N4S+. The van der Waals surface area contributed by atoms with Gasteiger partial charge in [0, 0.05) is 16.9 Å². The number of nitrogens with one attached hydrogen (secondary N) is 1. The van der Waals surface area contributed by atoms with Gasteiger partial charge in [0.1, 0.15) is 23.0 Å². The second-order valence-corrected chi connectivity index (χ2v) is 10.5. The lowest BCUT2D eigenvalue weighted by molar-refractivity contribution is -0.914. The summed E-state index contributed by atoms with van der Waals surface area (Å²) in [5, 5.41) is 1.36. The van der Waals surface area contributed by atoms with Gasteiger partial charge in [-0.15, -0.1) is 11.3 Å². The highest BCUT2D eigenvalue weighted by Gasteiger charge is 2.27. The van der Waals surface area contributed by atoms with E-state index >= 15 is 0 Å². The summed E-state index contributed by atoms with van der Waals surface area (Å²) >= 11 is 1.92. The van der Waals surface area contributed by atoms with Crippen molar-refractivity contribution in [2.45, 2.75) is 38.6 Å². The van der Waals surface area contributed by atoms with Crippen molar-refractivity contribution < 1.29 is 4.90 Å². The Labute approximate surface area is 199 Å². The number of piperazine rings is 1. The van der Waals surface area contributed by atoms with Crippen LogP contribution in [-0.2, 0) is 25.8 Å². The Morgan fingerprint density at radius 3 is 2.27 bits per heavy atom. The SMILES string of the molecule is c1ccc(Cc2nc(N3CC[NH+](Cc4ccccc4)CC3)c3c4c(sc3n2)CCCC4)cc1. The number of aryl methyl sites for hydroxylation is 2. The van der Waals surface area contributed by atoms with E-state index in [9.17, 15) is 0 Å². The minimum Gasteiger partial charge on any atom is -0.345 e. The van der Waals surface area contributed by atoms with Crippen LogP contribution < -0.4 is 9.80 Å². The predicted octanol–water partition coefficient (Wildman–Crippen LogP) is 4.07. The Hall–Kier alpha value is -2.76. The third kappa shape index (κ3) is 4.40. The van der Waals surface area contributed by atoms with Crippen LogP contribution in [0.5, 0.6) is 0 Å². The number of aromatic nitrogens is 2. The average molecular weight is 456 g/mol. The zero-order valence-corrected chi connectivity index (χ0v) is 19.9. The molecule has 2 aromatic heterocycles. The molecule has 4 nitrogen and oxygen atoms in total. The van der Waals surface area contributed by atoms with Crippen molar-refractivity contribution >= 4 is 27.4 Å². The van der Waals surface area contributed by atoms with Gasteiger partial charge in [-0.25, -0.2) is 9.97 Å². The van der Waals surface area contributed by atoms with Gasteiger partial charge in [-0.1, -0.05) is 60.7 Å². The molecule has 168 valence electrons. The highest BCUT2D eigenvalue weighted by Crippen LogP contribution is 2.40.